The summed E-state index contributed by atoms with van der Waals surface area (Å²) in [7, 11) is 0. The van der Waals surface area contributed by atoms with Crippen molar-refractivity contribution in [3.63, 3.8) is 0 Å². The molecule has 0 bridgehead atoms. The minimum absolute atomic E-state index is 0.206. The molecule has 0 radical (unpaired) electrons. The smallest absolute Gasteiger partial charge is 0.141 e. The average Bonchev–Trinajstić information content (AvgIpc) is 3.67. The van der Waals surface area contributed by atoms with Gasteiger partial charge in [0.25, 0.3) is 0 Å². The molecule has 210 valence electrons. The average molecular weight is 582 g/mol. The van der Waals surface area contributed by atoms with Crippen LogP contribution in [0.25, 0.3) is 22.2 Å². The van der Waals surface area contributed by atoms with Crippen molar-refractivity contribution in [2.75, 3.05) is 18.4 Å². The fourth-order valence-corrected chi connectivity index (χ4v) is 5.22. The van der Waals surface area contributed by atoms with Crippen LogP contribution in [0.4, 0.5) is 15.9 Å². The zero-order valence-electron chi connectivity index (χ0n) is 22.3. The van der Waals surface area contributed by atoms with Crippen molar-refractivity contribution >= 4 is 34.0 Å². The largest absolute Gasteiger partial charge is 0.487 e. The number of benzene rings is 3. The first-order valence-corrected chi connectivity index (χ1v) is 13.8. The van der Waals surface area contributed by atoms with Crippen molar-refractivity contribution in [2.24, 2.45) is 0 Å². The van der Waals surface area contributed by atoms with Gasteiger partial charge in [-0.15, -0.1) is 5.10 Å². The number of fused-ring (bicyclic) bond motifs is 1. The third kappa shape index (κ3) is 5.54. The predicted molar refractivity (Wildman–Crippen MR) is 157 cm³/mol. The minimum Gasteiger partial charge on any atom is -0.487 e. The summed E-state index contributed by atoms with van der Waals surface area (Å²) in [5.41, 5.74) is 3.93. The maximum absolute atomic E-state index is 13.5. The van der Waals surface area contributed by atoms with Crippen molar-refractivity contribution < 1.29 is 13.5 Å². The second-order valence-electron chi connectivity index (χ2n) is 10.2. The summed E-state index contributed by atoms with van der Waals surface area (Å²) in [6.45, 7) is 2.78. The molecule has 1 aliphatic rings. The van der Waals surface area contributed by atoms with Crippen molar-refractivity contribution in [1.82, 2.24) is 29.9 Å². The normalized spacial score (nSPS) is 13.8. The third-order valence-corrected chi connectivity index (χ3v) is 7.49. The molecule has 0 spiro atoms. The van der Waals surface area contributed by atoms with Crippen LogP contribution in [0, 0.1) is 5.82 Å². The van der Waals surface area contributed by atoms with Gasteiger partial charge in [0, 0.05) is 29.7 Å². The van der Waals surface area contributed by atoms with Gasteiger partial charge in [0.2, 0.25) is 0 Å². The molecule has 0 amide bonds. The monoisotopic (exact) mass is 581 g/mol. The van der Waals surface area contributed by atoms with Crippen LogP contribution < -0.4 is 10.1 Å². The van der Waals surface area contributed by atoms with Crippen LogP contribution in [-0.4, -0.2) is 43.0 Å². The number of furan rings is 1. The lowest BCUT2D eigenvalue weighted by atomic mass is 10.1. The highest BCUT2D eigenvalue weighted by atomic mass is 35.5. The Kier molecular flexibility index (Phi) is 6.98. The first-order valence-electron chi connectivity index (χ1n) is 13.4. The summed E-state index contributed by atoms with van der Waals surface area (Å²) in [6.07, 6.45) is 5.20. The van der Waals surface area contributed by atoms with E-state index in [0.29, 0.717) is 16.6 Å². The Morgan fingerprint density at radius 3 is 2.79 bits per heavy atom. The van der Waals surface area contributed by atoms with Gasteiger partial charge in [0.1, 0.15) is 41.8 Å². The number of likely N-dealkylation sites (tertiary alicyclic amines) is 1. The van der Waals surface area contributed by atoms with Crippen LogP contribution in [0.1, 0.15) is 17.4 Å². The fraction of sp³-hybridized carbons (Fsp3) is 0.161. The van der Waals surface area contributed by atoms with E-state index in [2.05, 4.69) is 30.5 Å². The molecule has 42 heavy (non-hydrogen) atoms. The van der Waals surface area contributed by atoms with Crippen LogP contribution >= 0.6 is 11.6 Å². The van der Waals surface area contributed by atoms with Crippen LogP contribution in [-0.2, 0) is 13.2 Å². The van der Waals surface area contributed by atoms with Crippen molar-refractivity contribution in [3.8, 4) is 17.0 Å². The molecular formula is C31H25ClFN7O2. The first-order chi connectivity index (χ1) is 20.6. The molecule has 1 aliphatic heterocycles. The van der Waals surface area contributed by atoms with E-state index < -0.39 is 0 Å². The standard InChI is InChI=1S/C31H25ClFN7O2/c32-27-13-23(7-9-30(27)42-18-20-3-1-4-22(33)11-20)36-31-26-12-21(6-8-28(26)34-19-35-31)29-17-40(38-37-29)24-14-39(15-24)16-25-5-2-10-41-25/h1-13,17,19,24H,14-16,18H2,(H,34,35,36). The highest BCUT2D eigenvalue weighted by Crippen LogP contribution is 2.32. The summed E-state index contributed by atoms with van der Waals surface area (Å²) in [4.78, 5) is 11.2. The van der Waals surface area contributed by atoms with E-state index in [0.717, 1.165) is 58.8 Å². The van der Waals surface area contributed by atoms with E-state index in [1.165, 1.54) is 18.5 Å². The van der Waals surface area contributed by atoms with Gasteiger partial charge in [-0.05, 0) is 60.2 Å². The molecule has 0 atom stereocenters. The minimum atomic E-state index is -0.307. The number of rotatable bonds is 9. The lowest BCUT2D eigenvalue weighted by Gasteiger charge is -2.38. The topological polar surface area (TPSA) is 94.1 Å². The zero-order valence-corrected chi connectivity index (χ0v) is 23.1. The predicted octanol–water partition coefficient (Wildman–Crippen LogP) is 6.65. The number of hydrogen-bond acceptors (Lipinski definition) is 8. The molecule has 3 aromatic heterocycles. The van der Waals surface area contributed by atoms with Gasteiger partial charge >= 0.3 is 0 Å². The van der Waals surface area contributed by atoms with Crippen LogP contribution in [0.3, 0.4) is 0 Å². The van der Waals surface area contributed by atoms with Gasteiger partial charge in [-0.3, -0.25) is 4.90 Å². The van der Waals surface area contributed by atoms with Crippen molar-refractivity contribution in [1.29, 1.82) is 0 Å². The van der Waals surface area contributed by atoms with E-state index in [9.17, 15) is 4.39 Å². The quantitative estimate of drug-likeness (QED) is 0.203. The fourth-order valence-electron chi connectivity index (χ4n) is 4.99. The van der Waals surface area contributed by atoms with Gasteiger partial charge in [-0.25, -0.2) is 19.0 Å². The lowest BCUT2D eigenvalue weighted by molar-refractivity contribution is 0.0823. The van der Waals surface area contributed by atoms with Crippen LogP contribution in [0.15, 0.2) is 96.0 Å². The molecule has 0 aliphatic carbocycles. The molecule has 1 N–H and O–H groups in total. The van der Waals surface area contributed by atoms with Gasteiger partial charge in [0.05, 0.1) is 35.6 Å². The summed E-state index contributed by atoms with van der Waals surface area (Å²) in [6, 6.07) is 21.8. The molecule has 3 aromatic carbocycles. The van der Waals surface area contributed by atoms with Gasteiger partial charge < -0.3 is 14.5 Å². The summed E-state index contributed by atoms with van der Waals surface area (Å²) in [5, 5.41) is 13.4. The highest BCUT2D eigenvalue weighted by Gasteiger charge is 2.29. The van der Waals surface area contributed by atoms with Gasteiger partial charge in [0.15, 0.2) is 0 Å². The Balaban J connectivity index is 1.05. The Bertz CT molecular complexity index is 1850. The van der Waals surface area contributed by atoms with Crippen molar-refractivity contribution in [3.05, 3.63) is 114 Å². The first kappa shape index (κ1) is 26.1. The number of nitrogens with one attached hydrogen (secondary N) is 1. The zero-order chi connectivity index (χ0) is 28.5. The third-order valence-electron chi connectivity index (χ3n) is 7.19. The van der Waals surface area contributed by atoms with E-state index in [4.69, 9.17) is 20.8 Å². The molecule has 0 saturated carbocycles. The maximum atomic E-state index is 13.5. The SMILES string of the molecule is Fc1cccc(COc2ccc(Nc3ncnc4ccc(-c5cn(C6CN(Cc7ccco7)C6)nn5)cc34)cc2Cl)c1. The summed E-state index contributed by atoms with van der Waals surface area (Å²) < 4.78 is 26.7. The number of aromatic nitrogens is 5. The van der Waals surface area contributed by atoms with Crippen LogP contribution in [0.2, 0.25) is 5.02 Å². The van der Waals surface area contributed by atoms with Crippen molar-refractivity contribution in [2.45, 2.75) is 19.2 Å². The molecule has 4 heterocycles. The molecule has 6 aromatic rings. The summed E-state index contributed by atoms with van der Waals surface area (Å²) >= 11 is 6.51. The number of hydrogen-bond donors (Lipinski definition) is 1. The Hall–Kier alpha value is -4.80. The van der Waals surface area contributed by atoms with E-state index >= 15 is 0 Å². The number of anilines is 2. The number of halogens is 2. The maximum Gasteiger partial charge on any atom is 0.141 e. The van der Waals surface area contributed by atoms with Gasteiger partial charge in [-0.1, -0.05) is 35.0 Å². The molecular weight excluding hydrogens is 557 g/mol. The highest BCUT2D eigenvalue weighted by molar-refractivity contribution is 6.32. The molecule has 1 fully saturated rings. The summed E-state index contributed by atoms with van der Waals surface area (Å²) in [5.74, 6) is 1.78. The second-order valence-corrected chi connectivity index (χ2v) is 10.6. The Morgan fingerprint density at radius 2 is 1.95 bits per heavy atom. The molecule has 11 heteroatoms. The van der Waals surface area contributed by atoms with Gasteiger partial charge in [-0.2, -0.15) is 0 Å². The molecule has 0 unspecified atom stereocenters. The Morgan fingerprint density at radius 1 is 1.02 bits per heavy atom. The second kappa shape index (κ2) is 11.2. The van der Waals surface area contributed by atoms with E-state index in [1.54, 1.807) is 30.5 Å². The number of ether oxygens (including phenoxy) is 1. The lowest BCUT2D eigenvalue weighted by Crippen LogP contribution is -2.47. The van der Waals surface area contributed by atoms with Crippen LogP contribution in [0.5, 0.6) is 5.75 Å². The molecule has 9 nitrogen and oxygen atoms in total. The number of nitrogens with zero attached hydrogens (tertiary/aromatic N) is 6. The van der Waals surface area contributed by atoms with E-state index in [-0.39, 0.29) is 18.5 Å². The molecule has 7 rings (SSSR count). The Labute approximate surface area is 245 Å². The molecule has 1 saturated heterocycles. The van der Waals surface area contributed by atoms with E-state index in [1.807, 2.05) is 47.3 Å².